The summed E-state index contributed by atoms with van der Waals surface area (Å²) in [6.45, 7) is 5.84. The molecule has 4 nitrogen and oxygen atoms in total. The van der Waals surface area contributed by atoms with Gasteiger partial charge in [-0.25, -0.2) is 0 Å². The highest BCUT2D eigenvalue weighted by Crippen LogP contribution is 2.30. The van der Waals surface area contributed by atoms with Gasteiger partial charge in [-0.1, -0.05) is 24.3 Å². The Kier molecular flexibility index (Phi) is 5.60. The number of fused-ring (bicyclic) bond motifs is 1. The lowest BCUT2D eigenvalue weighted by molar-refractivity contribution is 0.0800. The quantitative estimate of drug-likeness (QED) is 0.356. The van der Waals surface area contributed by atoms with Gasteiger partial charge in [-0.05, 0) is 81.0 Å². The number of aromatic nitrogens is 2. The first-order valence-electron chi connectivity index (χ1n) is 10.5. The molecule has 0 saturated carbocycles. The van der Waals surface area contributed by atoms with Crippen LogP contribution in [0, 0.1) is 6.92 Å². The minimum atomic E-state index is -0.856. The summed E-state index contributed by atoms with van der Waals surface area (Å²) in [6, 6.07) is 16.7. The number of aromatic amines is 1. The lowest BCUT2D eigenvalue weighted by atomic mass is 9.94. The van der Waals surface area contributed by atoms with Gasteiger partial charge in [0.15, 0.2) is 0 Å². The van der Waals surface area contributed by atoms with E-state index in [2.05, 4.69) is 52.7 Å². The summed E-state index contributed by atoms with van der Waals surface area (Å²) >= 11 is 0. The van der Waals surface area contributed by atoms with E-state index in [0.717, 1.165) is 41.7 Å². The first-order valence-corrected chi connectivity index (χ1v) is 10.5. The van der Waals surface area contributed by atoms with Crippen molar-refractivity contribution in [3.05, 3.63) is 89.4 Å². The van der Waals surface area contributed by atoms with Crippen LogP contribution in [0.1, 0.15) is 42.5 Å². The SMILES string of the molecule is Cc1cc(Nc2ccncc2)ccc1CCCc1c[nH]c2c(C(C)(C)O)cccc12. The molecule has 3 N–H and O–H groups in total. The zero-order valence-corrected chi connectivity index (χ0v) is 17.9. The molecule has 0 unspecified atom stereocenters. The Labute approximate surface area is 178 Å². The zero-order chi connectivity index (χ0) is 21.1. The van der Waals surface area contributed by atoms with Crippen LogP contribution in [0.5, 0.6) is 0 Å². The third-order valence-electron chi connectivity index (χ3n) is 5.66. The molecule has 30 heavy (non-hydrogen) atoms. The second-order valence-corrected chi connectivity index (χ2v) is 8.46. The number of anilines is 2. The highest BCUT2D eigenvalue weighted by Gasteiger charge is 2.20. The number of hydrogen-bond acceptors (Lipinski definition) is 3. The molecule has 154 valence electrons. The summed E-state index contributed by atoms with van der Waals surface area (Å²) in [5.74, 6) is 0. The molecule has 0 atom stereocenters. The highest BCUT2D eigenvalue weighted by molar-refractivity contribution is 5.86. The molecule has 4 rings (SSSR count). The van der Waals surface area contributed by atoms with E-state index in [1.807, 2.05) is 38.1 Å². The monoisotopic (exact) mass is 399 g/mol. The van der Waals surface area contributed by atoms with Gasteiger partial charge in [-0.15, -0.1) is 0 Å². The van der Waals surface area contributed by atoms with Gasteiger partial charge in [0.1, 0.15) is 0 Å². The third kappa shape index (κ3) is 4.39. The Balaban J connectivity index is 1.42. The van der Waals surface area contributed by atoms with E-state index in [-0.39, 0.29) is 0 Å². The maximum Gasteiger partial charge on any atom is 0.0860 e. The number of hydrogen-bond donors (Lipinski definition) is 3. The van der Waals surface area contributed by atoms with Crippen LogP contribution in [0.3, 0.4) is 0 Å². The number of para-hydroxylation sites is 1. The maximum atomic E-state index is 10.4. The average Bonchev–Trinajstić information content (AvgIpc) is 3.13. The van der Waals surface area contributed by atoms with E-state index < -0.39 is 5.60 Å². The van der Waals surface area contributed by atoms with Crippen LogP contribution in [-0.2, 0) is 18.4 Å². The molecule has 0 fully saturated rings. The van der Waals surface area contributed by atoms with Crippen molar-refractivity contribution in [2.75, 3.05) is 5.32 Å². The van der Waals surface area contributed by atoms with Crippen molar-refractivity contribution in [2.45, 2.75) is 45.6 Å². The summed E-state index contributed by atoms with van der Waals surface area (Å²) in [5.41, 5.74) is 7.27. The fraction of sp³-hybridized carbons (Fsp3) is 0.269. The minimum absolute atomic E-state index is 0.856. The Bertz CT molecular complexity index is 1140. The average molecular weight is 400 g/mol. The van der Waals surface area contributed by atoms with E-state index >= 15 is 0 Å². The summed E-state index contributed by atoms with van der Waals surface area (Å²) in [6.07, 6.45) is 8.80. The van der Waals surface area contributed by atoms with Crippen LogP contribution in [-0.4, -0.2) is 15.1 Å². The number of pyridine rings is 1. The van der Waals surface area contributed by atoms with Crippen LogP contribution < -0.4 is 5.32 Å². The number of aryl methyl sites for hydroxylation is 3. The Hall–Kier alpha value is -3.11. The van der Waals surface area contributed by atoms with E-state index in [1.54, 1.807) is 12.4 Å². The van der Waals surface area contributed by atoms with Crippen LogP contribution in [0.2, 0.25) is 0 Å². The predicted octanol–water partition coefficient (Wildman–Crippen LogP) is 6.02. The van der Waals surface area contributed by atoms with Crippen molar-refractivity contribution in [1.29, 1.82) is 0 Å². The first-order chi connectivity index (χ1) is 14.4. The lowest BCUT2D eigenvalue weighted by Gasteiger charge is -2.18. The van der Waals surface area contributed by atoms with Gasteiger partial charge in [0, 0.05) is 40.9 Å². The lowest BCUT2D eigenvalue weighted by Crippen LogP contribution is -2.15. The number of nitrogens with zero attached hydrogens (tertiary/aromatic N) is 1. The van der Waals surface area contributed by atoms with Gasteiger partial charge < -0.3 is 15.4 Å². The summed E-state index contributed by atoms with van der Waals surface area (Å²) in [5, 5.41) is 15.1. The molecule has 0 amide bonds. The number of aliphatic hydroxyl groups is 1. The Morgan fingerprint density at radius 2 is 1.73 bits per heavy atom. The largest absolute Gasteiger partial charge is 0.386 e. The molecule has 4 aromatic rings. The van der Waals surface area contributed by atoms with Crippen molar-refractivity contribution in [1.82, 2.24) is 9.97 Å². The smallest absolute Gasteiger partial charge is 0.0860 e. The van der Waals surface area contributed by atoms with E-state index in [0.29, 0.717) is 0 Å². The molecule has 0 bridgehead atoms. The van der Waals surface area contributed by atoms with Crippen molar-refractivity contribution >= 4 is 22.3 Å². The van der Waals surface area contributed by atoms with Crippen LogP contribution >= 0.6 is 0 Å². The van der Waals surface area contributed by atoms with Gasteiger partial charge >= 0.3 is 0 Å². The van der Waals surface area contributed by atoms with Crippen molar-refractivity contribution < 1.29 is 5.11 Å². The van der Waals surface area contributed by atoms with Crippen LogP contribution in [0.25, 0.3) is 10.9 Å². The summed E-state index contributed by atoms with van der Waals surface area (Å²) < 4.78 is 0. The molecule has 0 aliphatic rings. The second-order valence-electron chi connectivity index (χ2n) is 8.46. The standard InChI is InChI=1S/C26H29N3O/c1-18-16-22(29-21-12-14-27-15-13-21)11-10-19(18)6-4-7-20-17-28-25-23(20)8-5-9-24(25)26(2,3)30/h5,8-17,28,30H,4,6-7H2,1-3H3,(H,27,29). The number of H-pyrrole nitrogens is 1. The maximum absolute atomic E-state index is 10.4. The fourth-order valence-corrected chi connectivity index (χ4v) is 4.05. The number of nitrogens with one attached hydrogen (secondary N) is 2. The van der Waals surface area contributed by atoms with E-state index in [9.17, 15) is 5.11 Å². The van der Waals surface area contributed by atoms with Crippen LogP contribution in [0.4, 0.5) is 11.4 Å². The zero-order valence-electron chi connectivity index (χ0n) is 17.9. The van der Waals surface area contributed by atoms with Gasteiger partial charge in [0.25, 0.3) is 0 Å². The van der Waals surface area contributed by atoms with E-state index in [1.165, 1.54) is 22.1 Å². The molecule has 2 heterocycles. The van der Waals surface area contributed by atoms with Crippen molar-refractivity contribution in [2.24, 2.45) is 0 Å². The molecular weight excluding hydrogens is 370 g/mol. The van der Waals surface area contributed by atoms with Crippen LogP contribution in [0.15, 0.2) is 67.1 Å². The third-order valence-corrected chi connectivity index (χ3v) is 5.66. The molecule has 0 aliphatic heterocycles. The molecule has 0 spiro atoms. The molecule has 0 aliphatic carbocycles. The molecule has 0 radical (unpaired) electrons. The molecule has 2 aromatic carbocycles. The topological polar surface area (TPSA) is 60.9 Å². The minimum Gasteiger partial charge on any atom is -0.386 e. The Morgan fingerprint density at radius 3 is 2.47 bits per heavy atom. The molecule has 2 aromatic heterocycles. The first kappa shape index (κ1) is 20.2. The van der Waals surface area contributed by atoms with Gasteiger partial charge in [-0.2, -0.15) is 0 Å². The number of rotatable bonds is 7. The molecule has 0 saturated heterocycles. The summed E-state index contributed by atoms with van der Waals surface area (Å²) in [4.78, 5) is 7.44. The molecule has 4 heteroatoms. The Morgan fingerprint density at radius 1 is 0.967 bits per heavy atom. The predicted molar refractivity (Wildman–Crippen MR) is 124 cm³/mol. The van der Waals surface area contributed by atoms with E-state index in [4.69, 9.17) is 0 Å². The van der Waals surface area contributed by atoms with Gasteiger partial charge in [-0.3, -0.25) is 4.98 Å². The number of benzene rings is 2. The van der Waals surface area contributed by atoms with Crippen molar-refractivity contribution in [3.8, 4) is 0 Å². The molecular formula is C26H29N3O. The van der Waals surface area contributed by atoms with Gasteiger partial charge in [0.05, 0.1) is 11.1 Å². The highest BCUT2D eigenvalue weighted by atomic mass is 16.3. The van der Waals surface area contributed by atoms with Gasteiger partial charge in [0.2, 0.25) is 0 Å². The fourth-order valence-electron chi connectivity index (χ4n) is 4.05. The second kappa shape index (κ2) is 8.33. The normalized spacial score (nSPS) is 11.7. The summed E-state index contributed by atoms with van der Waals surface area (Å²) in [7, 11) is 0. The van der Waals surface area contributed by atoms with Crippen molar-refractivity contribution in [3.63, 3.8) is 0 Å².